The number of hydrogen-bond acceptors (Lipinski definition) is 1. The summed E-state index contributed by atoms with van der Waals surface area (Å²) >= 11 is 5.60. The molecule has 0 saturated heterocycles. The average Bonchev–Trinajstić information content (AvgIpc) is 2.60. The van der Waals surface area contributed by atoms with Gasteiger partial charge in [-0.3, -0.25) is 0 Å². The Balaban J connectivity index is 3.33. The minimum atomic E-state index is 0.706. The lowest BCUT2D eigenvalue weighted by molar-refractivity contribution is 0.647. The number of allylic oxidation sites excluding steroid dienone is 8. The van der Waals surface area contributed by atoms with Gasteiger partial charge in [-0.15, -0.1) is 11.6 Å². The highest BCUT2D eigenvalue weighted by atomic mass is 35.5. The molecule has 0 aromatic rings. The molecule has 0 aliphatic rings. The minimum absolute atomic E-state index is 0.706. The Labute approximate surface area is 155 Å². The summed E-state index contributed by atoms with van der Waals surface area (Å²) in [6.07, 6.45) is 30.2. The van der Waals surface area contributed by atoms with Crippen molar-refractivity contribution in [2.75, 3.05) is 19.0 Å². The summed E-state index contributed by atoms with van der Waals surface area (Å²) in [6, 6.07) is 0. The summed E-state index contributed by atoms with van der Waals surface area (Å²) < 4.78 is 0. The van der Waals surface area contributed by atoms with Gasteiger partial charge in [-0.1, -0.05) is 68.4 Å². The third-order valence-electron chi connectivity index (χ3n) is 3.70. The second kappa shape index (κ2) is 22.2. The van der Waals surface area contributed by atoms with Crippen LogP contribution >= 0.6 is 11.6 Å². The van der Waals surface area contributed by atoms with Crippen LogP contribution in [-0.2, 0) is 0 Å². The molecule has 0 aromatic heterocycles. The van der Waals surface area contributed by atoms with Crippen LogP contribution in [0.3, 0.4) is 0 Å². The smallest absolute Gasteiger partial charge is 0.0348 e. The SMILES string of the molecule is CCCCCC=CCC=CCC=CCC=CCCCCNCCCl. The van der Waals surface area contributed by atoms with E-state index in [2.05, 4.69) is 60.8 Å². The van der Waals surface area contributed by atoms with Gasteiger partial charge in [0, 0.05) is 12.4 Å². The van der Waals surface area contributed by atoms with Crippen molar-refractivity contribution in [3.05, 3.63) is 48.6 Å². The Hall–Kier alpha value is -0.790. The van der Waals surface area contributed by atoms with E-state index in [1.165, 1.54) is 44.9 Å². The number of alkyl halides is 1. The molecule has 0 aliphatic heterocycles. The monoisotopic (exact) mass is 351 g/mol. The fourth-order valence-corrected chi connectivity index (χ4v) is 2.40. The molecule has 0 bridgehead atoms. The Morgan fingerprint density at radius 3 is 1.62 bits per heavy atom. The predicted molar refractivity (Wildman–Crippen MR) is 112 cm³/mol. The van der Waals surface area contributed by atoms with Gasteiger partial charge < -0.3 is 5.32 Å². The van der Waals surface area contributed by atoms with Gasteiger partial charge in [0.15, 0.2) is 0 Å². The van der Waals surface area contributed by atoms with E-state index in [1.54, 1.807) is 0 Å². The first-order valence-electron chi connectivity index (χ1n) is 9.78. The maximum Gasteiger partial charge on any atom is 0.0348 e. The maximum absolute atomic E-state index is 5.60. The number of nitrogens with one attached hydrogen (secondary N) is 1. The van der Waals surface area contributed by atoms with Gasteiger partial charge in [-0.25, -0.2) is 0 Å². The molecule has 24 heavy (non-hydrogen) atoms. The number of halogens is 1. The molecule has 0 amide bonds. The van der Waals surface area contributed by atoms with Crippen LogP contribution in [0.5, 0.6) is 0 Å². The minimum Gasteiger partial charge on any atom is -0.316 e. The molecule has 1 nitrogen and oxygen atoms in total. The first-order valence-corrected chi connectivity index (χ1v) is 10.3. The molecule has 0 atom stereocenters. The fraction of sp³-hybridized carbons (Fsp3) is 0.636. The second-order valence-electron chi connectivity index (χ2n) is 6.02. The van der Waals surface area contributed by atoms with Crippen LogP contribution in [0.15, 0.2) is 48.6 Å². The molecule has 0 fully saturated rings. The van der Waals surface area contributed by atoms with Crippen LogP contribution in [0, 0.1) is 0 Å². The van der Waals surface area contributed by atoms with Gasteiger partial charge in [0.05, 0.1) is 0 Å². The zero-order valence-corrected chi connectivity index (χ0v) is 16.4. The fourth-order valence-electron chi connectivity index (χ4n) is 2.26. The van der Waals surface area contributed by atoms with Crippen LogP contribution in [0.25, 0.3) is 0 Å². The van der Waals surface area contributed by atoms with Gasteiger partial charge in [0.2, 0.25) is 0 Å². The van der Waals surface area contributed by atoms with E-state index in [4.69, 9.17) is 11.6 Å². The highest BCUT2D eigenvalue weighted by molar-refractivity contribution is 6.18. The zero-order chi connectivity index (χ0) is 17.6. The first-order chi connectivity index (χ1) is 11.9. The average molecular weight is 352 g/mol. The lowest BCUT2D eigenvalue weighted by Gasteiger charge is -1.99. The second-order valence-corrected chi connectivity index (χ2v) is 6.40. The molecule has 1 N–H and O–H groups in total. The summed E-state index contributed by atoms with van der Waals surface area (Å²) in [5.74, 6) is 0.706. The van der Waals surface area contributed by atoms with Gasteiger partial charge in [-0.05, 0) is 57.9 Å². The number of hydrogen-bond donors (Lipinski definition) is 1. The van der Waals surface area contributed by atoms with E-state index < -0.39 is 0 Å². The van der Waals surface area contributed by atoms with Crippen molar-refractivity contribution >= 4 is 11.6 Å². The van der Waals surface area contributed by atoms with Crippen molar-refractivity contribution in [1.82, 2.24) is 5.32 Å². The summed E-state index contributed by atoms with van der Waals surface area (Å²) in [7, 11) is 0. The molecule has 0 aromatic carbocycles. The highest BCUT2D eigenvalue weighted by Crippen LogP contribution is 2.01. The normalized spacial score (nSPS) is 12.6. The van der Waals surface area contributed by atoms with Crippen LogP contribution in [0.1, 0.15) is 71.1 Å². The van der Waals surface area contributed by atoms with Gasteiger partial charge in [-0.2, -0.15) is 0 Å². The molecule has 0 spiro atoms. The molecule has 138 valence electrons. The lowest BCUT2D eigenvalue weighted by atomic mass is 10.2. The maximum atomic E-state index is 5.60. The lowest BCUT2D eigenvalue weighted by Crippen LogP contribution is -2.17. The number of unbranched alkanes of at least 4 members (excludes halogenated alkanes) is 5. The largest absolute Gasteiger partial charge is 0.316 e. The van der Waals surface area contributed by atoms with Crippen molar-refractivity contribution in [3.63, 3.8) is 0 Å². The Bertz CT molecular complexity index is 342. The van der Waals surface area contributed by atoms with Gasteiger partial charge in [0.1, 0.15) is 0 Å². The Kier molecular flexibility index (Phi) is 21.5. The first kappa shape index (κ1) is 23.2. The van der Waals surface area contributed by atoms with E-state index >= 15 is 0 Å². The standard InChI is InChI=1S/C22H38ClN/c1-2-3-4-5-6-7-8-9-10-11-12-13-14-15-16-17-18-19-21-24-22-20-23/h6-7,9-10,12-13,15-16,24H,2-5,8,11,14,17-22H2,1H3. The molecule has 0 unspecified atom stereocenters. The van der Waals surface area contributed by atoms with Gasteiger partial charge in [0.25, 0.3) is 0 Å². The molecular weight excluding hydrogens is 314 g/mol. The van der Waals surface area contributed by atoms with Crippen molar-refractivity contribution in [2.45, 2.75) is 71.1 Å². The third kappa shape index (κ3) is 21.2. The van der Waals surface area contributed by atoms with Crippen molar-refractivity contribution in [2.24, 2.45) is 0 Å². The van der Waals surface area contributed by atoms with E-state index in [-0.39, 0.29) is 0 Å². The zero-order valence-electron chi connectivity index (χ0n) is 15.7. The molecule has 0 saturated carbocycles. The molecule has 0 heterocycles. The topological polar surface area (TPSA) is 12.0 Å². The van der Waals surface area contributed by atoms with Crippen LogP contribution in [0.4, 0.5) is 0 Å². The van der Waals surface area contributed by atoms with E-state index in [9.17, 15) is 0 Å². The van der Waals surface area contributed by atoms with E-state index in [0.29, 0.717) is 5.88 Å². The molecule has 0 aliphatic carbocycles. The molecule has 2 heteroatoms. The molecule has 0 rings (SSSR count). The summed E-state index contributed by atoms with van der Waals surface area (Å²) in [5, 5.41) is 3.31. The predicted octanol–water partition coefficient (Wildman–Crippen LogP) is 6.96. The van der Waals surface area contributed by atoms with Crippen LogP contribution in [0.2, 0.25) is 0 Å². The Morgan fingerprint density at radius 1 is 0.625 bits per heavy atom. The van der Waals surface area contributed by atoms with Crippen LogP contribution < -0.4 is 5.32 Å². The summed E-state index contributed by atoms with van der Waals surface area (Å²) in [4.78, 5) is 0. The summed E-state index contributed by atoms with van der Waals surface area (Å²) in [5.41, 5.74) is 0. The van der Waals surface area contributed by atoms with E-state index in [0.717, 1.165) is 32.4 Å². The summed E-state index contributed by atoms with van der Waals surface area (Å²) in [6.45, 7) is 4.26. The third-order valence-corrected chi connectivity index (χ3v) is 3.89. The van der Waals surface area contributed by atoms with Crippen molar-refractivity contribution in [3.8, 4) is 0 Å². The number of rotatable bonds is 17. The molecular formula is C22H38ClN. The van der Waals surface area contributed by atoms with Crippen molar-refractivity contribution < 1.29 is 0 Å². The quantitative estimate of drug-likeness (QED) is 0.169. The van der Waals surface area contributed by atoms with Crippen molar-refractivity contribution in [1.29, 1.82) is 0 Å². The Morgan fingerprint density at radius 2 is 1.12 bits per heavy atom. The van der Waals surface area contributed by atoms with Crippen LogP contribution in [-0.4, -0.2) is 19.0 Å². The van der Waals surface area contributed by atoms with E-state index in [1.807, 2.05) is 0 Å². The van der Waals surface area contributed by atoms with Gasteiger partial charge >= 0.3 is 0 Å². The molecule has 0 radical (unpaired) electrons. The highest BCUT2D eigenvalue weighted by Gasteiger charge is 1.86.